The third kappa shape index (κ3) is 4.40. The van der Waals surface area contributed by atoms with Gasteiger partial charge in [0.2, 0.25) is 0 Å². The van der Waals surface area contributed by atoms with Crippen LogP contribution in [0, 0.1) is 0 Å². The summed E-state index contributed by atoms with van der Waals surface area (Å²) >= 11 is 0. The monoisotopic (exact) mass is 201 g/mol. The minimum atomic E-state index is -0.478. The van der Waals surface area contributed by atoms with Gasteiger partial charge >= 0.3 is 0 Å². The molecule has 3 nitrogen and oxygen atoms in total. The number of ether oxygens (including phenoxy) is 1. The SMILES string of the molecule is CC(N)(CO)CCOC1CCCCC1. The summed E-state index contributed by atoms with van der Waals surface area (Å²) in [6.45, 7) is 2.57. The van der Waals surface area contributed by atoms with Crippen LogP contribution in [0.5, 0.6) is 0 Å². The van der Waals surface area contributed by atoms with Gasteiger partial charge in [-0.25, -0.2) is 0 Å². The maximum Gasteiger partial charge on any atom is 0.0609 e. The maximum absolute atomic E-state index is 8.95. The van der Waals surface area contributed by atoms with Gasteiger partial charge in [0.15, 0.2) is 0 Å². The number of hydrogen-bond donors (Lipinski definition) is 2. The average molecular weight is 201 g/mol. The highest BCUT2D eigenvalue weighted by molar-refractivity contribution is 4.77. The standard InChI is InChI=1S/C11H23NO2/c1-11(12,9-13)7-8-14-10-5-3-2-4-6-10/h10,13H,2-9,12H2,1H3. The van der Waals surface area contributed by atoms with E-state index in [1.807, 2.05) is 6.92 Å². The first-order chi connectivity index (χ1) is 6.64. The summed E-state index contributed by atoms with van der Waals surface area (Å²) in [7, 11) is 0. The number of aliphatic hydroxyl groups is 1. The lowest BCUT2D eigenvalue weighted by Gasteiger charge is -2.25. The van der Waals surface area contributed by atoms with Crippen LogP contribution in [0.4, 0.5) is 0 Å². The average Bonchev–Trinajstić information content (AvgIpc) is 2.19. The fourth-order valence-corrected chi connectivity index (χ4v) is 1.77. The lowest BCUT2D eigenvalue weighted by Crippen LogP contribution is -2.41. The second kappa shape index (κ2) is 5.69. The summed E-state index contributed by atoms with van der Waals surface area (Å²) in [6.07, 6.45) is 7.51. The molecule has 3 N–H and O–H groups in total. The van der Waals surface area contributed by atoms with Crippen molar-refractivity contribution < 1.29 is 9.84 Å². The van der Waals surface area contributed by atoms with E-state index in [9.17, 15) is 0 Å². The van der Waals surface area contributed by atoms with E-state index in [1.165, 1.54) is 32.1 Å². The molecule has 1 unspecified atom stereocenters. The molecule has 1 saturated carbocycles. The first-order valence-electron chi connectivity index (χ1n) is 5.65. The van der Waals surface area contributed by atoms with Crippen molar-refractivity contribution in [2.24, 2.45) is 5.73 Å². The lowest BCUT2D eigenvalue weighted by molar-refractivity contribution is 0.0156. The molecule has 0 aromatic carbocycles. The van der Waals surface area contributed by atoms with E-state index in [1.54, 1.807) is 0 Å². The first-order valence-corrected chi connectivity index (χ1v) is 5.65. The third-order valence-corrected chi connectivity index (χ3v) is 2.94. The van der Waals surface area contributed by atoms with Crippen molar-refractivity contribution in [2.75, 3.05) is 13.2 Å². The largest absolute Gasteiger partial charge is 0.394 e. The summed E-state index contributed by atoms with van der Waals surface area (Å²) in [6, 6.07) is 0. The summed E-state index contributed by atoms with van der Waals surface area (Å²) < 4.78 is 5.73. The molecule has 1 rings (SSSR count). The maximum atomic E-state index is 8.95. The van der Waals surface area contributed by atoms with E-state index >= 15 is 0 Å². The minimum Gasteiger partial charge on any atom is -0.394 e. The van der Waals surface area contributed by atoms with Crippen LogP contribution < -0.4 is 5.73 Å². The van der Waals surface area contributed by atoms with E-state index in [2.05, 4.69) is 0 Å². The van der Waals surface area contributed by atoms with Gasteiger partial charge in [0.05, 0.1) is 12.7 Å². The first kappa shape index (κ1) is 12.0. The van der Waals surface area contributed by atoms with Gasteiger partial charge < -0.3 is 15.6 Å². The van der Waals surface area contributed by atoms with Crippen LogP contribution in [-0.2, 0) is 4.74 Å². The number of rotatable bonds is 5. The lowest BCUT2D eigenvalue weighted by atomic mass is 9.97. The van der Waals surface area contributed by atoms with E-state index in [-0.39, 0.29) is 6.61 Å². The second-order valence-electron chi connectivity index (χ2n) is 4.69. The van der Waals surface area contributed by atoms with Crippen LogP contribution in [0.1, 0.15) is 45.4 Å². The predicted octanol–water partition coefficient (Wildman–Crippen LogP) is 1.44. The Labute approximate surface area is 86.6 Å². The van der Waals surface area contributed by atoms with E-state index < -0.39 is 5.54 Å². The zero-order valence-electron chi connectivity index (χ0n) is 9.17. The quantitative estimate of drug-likeness (QED) is 0.707. The summed E-state index contributed by atoms with van der Waals surface area (Å²) in [5.41, 5.74) is 5.32. The zero-order chi connectivity index (χ0) is 10.4. The van der Waals surface area contributed by atoms with Crippen molar-refractivity contribution in [3.05, 3.63) is 0 Å². The molecule has 0 saturated heterocycles. The molecular formula is C11H23NO2. The Hall–Kier alpha value is -0.120. The van der Waals surface area contributed by atoms with Gasteiger partial charge in [-0.15, -0.1) is 0 Å². The molecule has 3 heteroatoms. The molecule has 84 valence electrons. The Balaban J connectivity index is 2.08. The van der Waals surface area contributed by atoms with E-state index in [4.69, 9.17) is 15.6 Å². The summed E-state index contributed by atoms with van der Waals surface area (Å²) in [5.74, 6) is 0. The molecule has 0 aromatic heterocycles. The second-order valence-corrected chi connectivity index (χ2v) is 4.69. The highest BCUT2D eigenvalue weighted by Crippen LogP contribution is 2.20. The smallest absolute Gasteiger partial charge is 0.0609 e. The number of nitrogens with two attached hydrogens (primary N) is 1. The molecule has 1 atom stereocenters. The molecule has 0 radical (unpaired) electrons. The van der Waals surface area contributed by atoms with Gasteiger partial charge in [0, 0.05) is 12.1 Å². The fourth-order valence-electron chi connectivity index (χ4n) is 1.77. The van der Waals surface area contributed by atoms with Gasteiger partial charge in [0.25, 0.3) is 0 Å². The highest BCUT2D eigenvalue weighted by Gasteiger charge is 2.18. The molecule has 1 fully saturated rings. The van der Waals surface area contributed by atoms with Crippen molar-refractivity contribution in [2.45, 2.75) is 57.1 Å². The van der Waals surface area contributed by atoms with Crippen molar-refractivity contribution >= 4 is 0 Å². The van der Waals surface area contributed by atoms with Gasteiger partial charge in [-0.1, -0.05) is 19.3 Å². The molecule has 0 amide bonds. The van der Waals surface area contributed by atoms with Crippen LogP contribution in [0.2, 0.25) is 0 Å². The van der Waals surface area contributed by atoms with Crippen LogP contribution in [-0.4, -0.2) is 30.0 Å². The van der Waals surface area contributed by atoms with Crippen molar-refractivity contribution in [3.63, 3.8) is 0 Å². The van der Waals surface area contributed by atoms with Crippen LogP contribution in [0.15, 0.2) is 0 Å². The Bertz CT molecular complexity index is 153. The van der Waals surface area contributed by atoms with Crippen LogP contribution in [0.3, 0.4) is 0 Å². The normalized spacial score (nSPS) is 23.4. The molecular weight excluding hydrogens is 178 g/mol. The predicted molar refractivity (Wildman–Crippen MR) is 57.1 cm³/mol. The molecule has 0 aromatic rings. The van der Waals surface area contributed by atoms with Gasteiger partial charge in [0.1, 0.15) is 0 Å². The van der Waals surface area contributed by atoms with Gasteiger partial charge in [-0.3, -0.25) is 0 Å². The van der Waals surface area contributed by atoms with E-state index in [0.717, 1.165) is 6.42 Å². The van der Waals surface area contributed by atoms with Gasteiger partial charge in [-0.05, 0) is 26.2 Å². The number of hydrogen-bond acceptors (Lipinski definition) is 3. The highest BCUT2D eigenvalue weighted by atomic mass is 16.5. The molecule has 0 spiro atoms. The van der Waals surface area contributed by atoms with Gasteiger partial charge in [-0.2, -0.15) is 0 Å². The molecule has 1 aliphatic rings. The zero-order valence-corrected chi connectivity index (χ0v) is 9.17. The molecule has 1 aliphatic carbocycles. The Kier molecular flexibility index (Phi) is 4.85. The summed E-state index contributed by atoms with van der Waals surface area (Å²) in [4.78, 5) is 0. The number of aliphatic hydroxyl groups excluding tert-OH is 1. The fraction of sp³-hybridized carbons (Fsp3) is 1.00. The van der Waals surface area contributed by atoms with Crippen molar-refractivity contribution in [1.82, 2.24) is 0 Å². The van der Waals surface area contributed by atoms with Crippen molar-refractivity contribution in [3.8, 4) is 0 Å². The topological polar surface area (TPSA) is 55.5 Å². The molecule has 0 bridgehead atoms. The Morgan fingerprint density at radius 2 is 2.00 bits per heavy atom. The minimum absolute atomic E-state index is 0.0288. The van der Waals surface area contributed by atoms with Crippen LogP contribution >= 0.6 is 0 Å². The van der Waals surface area contributed by atoms with E-state index in [0.29, 0.717) is 12.7 Å². The summed E-state index contributed by atoms with van der Waals surface area (Å²) in [5, 5.41) is 8.95. The Morgan fingerprint density at radius 1 is 1.36 bits per heavy atom. The molecule has 0 aliphatic heterocycles. The molecule has 14 heavy (non-hydrogen) atoms. The third-order valence-electron chi connectivity index (χ3n) is 2.94. The van der Waals surface area contributed by atoms with Crippen molar-refractivity contribution in [1.29, 1.82) is 0 Å². The molecule has 0 heterocycles. The van der Waals surface area contributed by atoms with Crippen LogP contribution in [0.25, 0.3) is 0 Å². The Morgan fingerprint density at radius 3 is 2.57 bits per heavy atom.